The molecule has 1 N–H and O–H groups in total. The van der Waals surface area contributed by atoms with Crippen LogP contribution in [0, 0.1) is 6.92 Å². The van der Waals surface area contributed by atoms with Gasteiger partial charge in [0.2, 0.25) is 0 Å². The van der Waals surface area contributed by atoms with Gasteiger partial charge in [-0.1, -0.05) is 57.9 Å². The average molecular weight is 586 g/mol. The summed E-state index contributed by atoms with van der Waals surface area (Å²) in [4.78, 5) is 32.0. The van der Waals surface area contributed by atoms with Crippen molar-refractivity contribution in [2.75, 3.05) is 6.54 Å². The summed E-state index contributed by atoms with van der Waals surface area (Å²) in [6, 6.07) is 21.7. The predicted octanol–water partition coefficient (Wildman–Crippen LogP) is 6.05. The summed E-state index contributed by atoms with van der Waals surface area (Å²) >= 11 is 3.45. The molecule has 2 heterocycles. The maximum atomic E-state index is 13.3. The largest absolute Gasteiger partial charge is 0.507 e. The highest BCUT2D eigenvalue weighted by molar-refractivity contribution is 9.10. The SMILES string of the molecule is Cc1cccc(COc2ccc(/C(O)=C3\C(=O)C(=O)N(CCCn4ccnc4)C3c3ccc(Br)cc3)cc2)c1. The fourth-order valence-electron chi connectivity index (χ4n) is 4.78. The molecule has 0 bridgehead atoms. The monoisotopic (exact) mass is 585 g/mol. The Balaban J connectivity index is 1.41. The number of benzene rings is 3. The van der Waals surface area contributed by atoms with Crippen molar-refractivity contribution in [3.63, 3.8) is 0 Å². The fourth-order valence-corrected chi connectivity index (χ4v) is 5.04. The maximum absolute atomic E-state index is 13.3. The van der Waals surface area contributed by atoms with E-state index in [9.17, 15) is 14.7 Å². The van der Waals surface area contributed by atoms with Gasteiger partial charge in [0.1, 0.15) is 18.1 Å². The minimum absolute atomic E-state index is 0.0818. The van der Waals surface area contributed by atoms with E-state index in [1.54, 1.807) is 41.7 Å². The molecule has 39 heavy (non-hydrogen) atoms. The van der Waals surface area contributed by atoms with Gasteiger partial charge in [-0.25, -0.2) is 4.98 Å². The maximum Gasteiger partial charge on any atom is 0.295 e. The summed E-state index contributed by atoms with van der Waals surface area (Å²) in [6.07, 6.45) is 5.90. The van der Waals surface area contributed by atoms with Crippen LogP contribution in [0.2, 0.25) is 0 Å². The second kappa shape index (κ2) is 11.7. The van der Waals surface area contributed by atoms with Crippen molar-refractivity contribution in [3.05, 3.63) is 124 Å². The minimum Gasteiger partial charge on any atom is -0.507 e. The first-order valence-corrected chi connectivity index (χ1v) is 13.5. The number of aliphatic hydroxyl groups is 1. The fraction of sp³-hybridized carbons (Fsp3) is 0.194. The lowest BCUT2D eigenvalue weighted by atomic mass is 9.95. The number of halogens is 1. The standard InChI is InChI=1S/C31H28BrN3O4/c1-21-4-2-5-22(18-21)19-39-26-12-8-24(9-13-26)29(36)27-28(23-6-10-25(32)11-7-23)35(31(38)30(27)37)16-3-15-34-17-14-33-20-34/h2,4-14,17-18,20,28,36H,3,15-16,19H2,1H3/b29-27+. The summed E-state index contributed by atoms with van der Waals surface area (Å²) < 4.78 is 8.70. The number of aliphatic hydroxyl groups excluding tert-OH is 1. The number of hydrogen-bond acceptors (Lipinski definition) is 5. The summed E-state index contributed by atoms with van der Waals surface area (Å²) in [5.74, 6) is -0.878. The molecule has 1 unspecified atom stereocenters. The van der Waals surface area contributed by atoms with Crippen molar-refractivity contribution in [2.24, 2.45) is 0 Å². The number of Topliss-reactive ketones (excluding diaryl/α,β-unsaturated/α-hetero) is 1. The van der Waals surface area contributed by atoms with Crippen LogP contribution in [0.5, 0.6) is 5.75 Å². The molecule has 198 valence electrons. The quantitative estimate of drug-likeness (QED) is 0.147. The van der Waals surface area contributed by atoms with Gasteiger partial charge in [0.05, 0.1) is 17.9 Å². The minimum atomic E-state index is -0.696. The van der Waals surface area contributed by atoms with Gasteiger partial charge in [-0.3, -0.25) is 9.59 Å². The second-order valence-electron chi connectivity index (χ2n) is 9.50. The molecule has 5 rings (SSSR count). The van der Waals surface area contributed by atoms with Gasteiger partial charge in [0, 0.05) is 35.5 Å². The number of aryl methyl sites for hydroxylation is 2. The van der Waals surface area contributed by atoms with Crippen LogP contribution in [0.25, 0.3) is 5.76 Å². The molecule has 8 heteroatoms. The third kappa shape index (κ3) is 5.96. The number of carbonyl (C=O) groups excluding carboxylic acids is 2. The van der Waals surface area contributed by atoms with Crippen LogP contribution in [0.1, 0.15) is 34.7 Å². The van der Waals surface area contributed by atoms with Crippen molar-refractivity contribution >= 4 is 33.4 Å². The highest BCUT2D eigenvalue weighted by atomic mass is 79.9. The summed E-state index contributed by atoms with van der Waals surface area (Å²) in [7, 11) is 0. The molecule has 0 aliphatic carbocycles. The van der Waals surface area contributed by atoms with Crippen LogP contribution in [-0.2, 0) is 22.7 Å². The first-order valence-electron chi connectivity index (χ1n) is 12.7. The van der Waals surface area contributed by atoms with E-state index in [1.807, 2.05) is 60.2 Å². The molecule has 1 aliphatic heterocycles. The van der Waals surface area contributed by atoms with Crippen LogP contribution in [0.15, 0.2) is 102 Å². The second-order valence-corrected chi connectivity index (χ2v) is 10.4. The smallest absolute Gasteiger partial charge is 0.295 e. The Morgan fingerprint density at radius 1 is 1.03 bits per heavy atom. The van der Waals surface area contributed by atoms with Crippen molar-refractivity contribution < 1.29 is 19.4 Å². The first-order chi connectivity index (χ1) is 18.9. The van der Waals surface area contributed by atoms with Gasteiger partial charge < -0.3 is 19.3 Å². The number of rotatable bonds is 9. The molecule has 1 atom stereocenters. The third-order valence-corrected chi connectivity index (χ3v) is 7.24. The van der Waals surface area contributed by atoms with Crippen LogP contribution in [0.3, 0.4) is 0 Å². The summed E-state index contributed by atoms with van der Waals surface area (Å²) in [5, 5.41) is 11.3. The van der Waals surface area contributed by atoms with Crippen LogP contribution in [-0.4, -0.2) is 37.8 Å². The molecule has 0 radical (unpaired) electrons. The van der Waals surface area contributed by atoms with E-state index in [-0.39, 0.29) is 11.3 Å². The van der Waals surface area contributed by atoms with E-state index >= 15 is 0 Å². The van der Waals surface area contributed by atoms with E-state index in [1.165, 1.54) is 0 Å². The molecule has 1 fully saturated rings. The summed E-state index contributed by atoms with van der Waals surface area (Å²) in [5.41, 5.74) is 3.49. The zero-order valence-electron chi connectivity index (χ0n) is 21.5. The van der Waals surface area contributed by atoms with Crippen LogP contribution >= 0.6 is 15.9 Å². The van der Waals surface area contributed by atoms with E-state index in [0.29, 0.717) is 37.4 Å². The Morgan fingerprint density at radius 3 is 2.49 bits per heavy atom. The number of amides is 1. The van der Waals surface area contributed by atoms with Gasteiger partial charge >= 0.3 is 0 Å². The average Bonchev–Trinajstić information content (AvgIpc) is 3.55. The molecule has 1 amide bonds. The molecule has 1 aromatic heterocycles. The number of aromatic nitrogens is 2. The normalized spacial score (nSPS) is 16.6. The van der Waals surface area contributed by atoms with Crippen molar-refractivity contribution in [3.8, 4) is 5.75 Å². The van der Waals surface area contributed by atoms with Gasteiger partial charge in [0.25, 0.3) is 11.7 Å². The van der Waals surface area contributed by atoms with Crippen LogP contribution < -0.4 is 4.74 Å². The van der Waals surface area contributed by atoms with Crippen molar-refractivity contribution in [2.45, 2.75) is 32.5 Å². The Bertz CT molecular complexity index is 1500. The Hall–Kier alpha value is -4.17. The van der Waals surface area contributed by atoms with Gasteiger partial charge in [0.15, 0.2) is 0 Å². The summed E-state index contributed by atoms with van der Waals surface area (Å²) in [6.45, 7) is 3.46. The number of imidazole rings is 1. The third-order valence-electron chi connectivity index (χ3n) is 6.72. The lowest BCUT2D eigenvalue weighted by molar-refractivity contribution is -0.139. The zero-order chi connectivity index (χ0) is 27.4. The zero-order valence-corrected chi connectivity index (χ0v) is 23.0. The molecule has 1 saturated heterocycles. The number of ketones is 1. The van der Waals surface area contributed by atoms with Gasteiger partial charge in [-0.2, -0.15) is 0 Å². The lowest BCUT2D eigenvalue weighted by Crippen LogP contribution is -2.31. The Morgan fingerprint density at radius 2 is 1.79 bits per heavy atom. The van der Waals surface area contributed by atoms with E-state index in [4.69, 9.17) is 4.74 Å². The Kier molecular flexibility index (Phi) is 7.93. The topological polar surface area (TPSA) is 84.7 Å². The predicted molar refractivity (Wildman–Crippen MR) is 152 cm³/mol. The highest BCUT2D eigenvalue weighted by Crippen LogP contribution is 2.40. The molecule has 0 saturated carbocycles. The molecule has 4 aromatic rings. The van der Waals surface area contributed by atoms with Crippen LogP contribution in [0.4, 0.5) is 0 Å². The highest BCUT2D eigenvalue weighted by Gasteiger charge is 2.45. The lowest BCUT2D eigenvalue weighted by Gasteiger charge is -2.25. The number of nitrogens with zero attached hydrogens (tertiary/aromatic N) is 3. The van der Waals surface area contributed by atoms with E-state index < -0.39 is 17.7 Å². The number of ether oxygens (including phenoxy) is 1. The molecular weight excluding hydrogens is 558 g/mol. The van der Waals surface area contributed by atoms with Crippen molar-refractivity contribution in [1.82, 2.24) is 14.5 Å². The number of hydrogen-bond donors (Lipinski definition) is 1. The van der Waals surface area contributed by atoms with Gasteiger partial charge in [-0.15, -0.1) is 0 Å². The van der Waals surface area contributed by atoms with E-state index in [0.717, 1.165) is 21.2 Å². The van der Waals surface area contributed by atoms with E-state index in [2.05, 4.69) is 27.0 Å². The Labute approximate surface area is 235 Å². The number of likely N-dealkylation sites (tertiary alicyclic amines) is 1. The van der Waals surface area contributed by atoms with Gasteiger partial charge in [-0.05, 0) is 60.9 Å². The molecule has 7 nitrogen and oxygen atoms in total. The molecule has 0 spiro atoms. The number of carbonyl (C=O) groups is 2. The first kappa shape index (κ1) is 26.4. The van der Waals surface area contributed by atoms with Crippen molar-refractivity contribution in [1.29, 1.82) is 0 Å². The molecule has 3 aromatic carbocycles. The molecular formula is C31H28BrN3O4. The molecule has 1 aliphatic rings.